The molecular weight excluding hydrogens is 346 g/mol. The fourth-order valence-electron chi connectivity index (χ4n) is 2.85. The van der Waals surface area contributed by atoms with Crippen LogP contribution in [-0.2, 0) is 0 Å². The summed E-state index contributed by atoms with van der Waals surface area (Å²) in [7, 11) is 0. The molecule has 1 amide bonds. The molecule has 0 spiro atoms. The monoisotopic (exact) mass is 361 g/mol. The lowest BCUT2D eigenvalue weighted by atomic mass is 10.1. The Labute approximate surface area is 156 Å². The van der Waals surface area contributed by atoms with Gasteiger partial charge in [-0.25, -0.2) is 4.98 Å². The average molecular weight is 362 g/mol. The molecule has 0 aliphatic carbocycles. The number of fused-ring (bicyclic) bond motifs is 1. The van der Waals surface area contributed by atoms with Crippen molar-refractivity contribution in [1.29, 1.82) is 0 Å². The van der Waals surface area contributed by atoms with Gasteiger partial charge in [-0.2, -0.15) is 0 Å². The van der Waals surface area contributed by atoms with Crippen LogP contribution in [0.5, 0.6) is 0 Å². The molecule has 0 bridgehead atoms. The minimum atomic E-state index is -0.191. The van der Waals surface area contributed by atoms with E-state index in [1.165, 1.54) is 0 Å². The van der Waals surface area contributed by atoms with Crippen molar-refractivity contribution < 1.29 is 4.79 Å². The van der Waals surface area contributed by atoms with Crippen molar-refractivity contribution in [2.75, 3.05) is 5.32 Å². The number of carbonyl (C=O) groups is 1. The second-order valence-corrected chi connectivity index (χ2v) is 6.53. The lowest BCUT2D eigenvalue weighted by Gasteiger charge is -2.06. The Bertz CT molecular complexity index is 1100. The summed E-state index contributed by atoms with van der Waals surface area (Å²) >= 11 is 5.94. The first-order valence-electron chi connectivity index (χ1n) is 8.22. The minimum Gasteiger partial charge on any atom is -0.322 e. The lowest BCUT2D eigenvalue weighted by molar-refractivity contribution is 0.102. The molecule has 0 saturated heterocycles. The molecule has 26 heavy (non-hydrogen) atoms. The molecular formula is C21H16ClN3O. The summed E-state index contributed by atoms with van der Waals surface area (Å²) < 4.78 is 2.01. The van der Waals surface area contributed by atoms with Crippen molar-refractivity contribution in [1.82, 2.24) is 9.38 Å². The van der Waals surface area contributed by atoms with Gasteiger partial charge in [-0.1, -0.05) is 35.9 Å². The molecule has 0 atom stereocenters. The van der Waals surface area contributed by atoms with Gasteiger partial charge in [0, 0.05) is 34.2 Å². The number of benzene rings is 2. The van der Waals surface area contributed by atoms with E-state index in [9.17, 15) is 4.79 Å². The van der Waals surface area contributed by atoms with E-state index >= 15 is 0 Å². The van der Waals surface area contributed by atoms with E-state index < -0.39 is 0 Å². The van der Waals surface area contributed by atoms with Crippen LogP contribution in [-0.4, -0.2) is 15.3 Å². The number of halogens is 1. The van der Waals surface area contributed by atoms with Gasteiger partial charge in [-0.05, 0) is 48.9 Å². The van der Waals surface area contributed by atoms with Crippen LogP contribution in [0.2, 0.25) is 5.02 Å². The maximum atomic E-state index is 12.3. The maximum absolute atomic E-state index is 12.3. The number of nitrogens with zero attached hydrogens (tertiary/aromatic N) is 2. The summed E-state index contributed by atoms with van der Waals surface area (Å²) in [5.41, 5.74) is 5.21. The van der Waals surface area contributed by atoms with Crippen molar-refractivity contribution >= 4 is 28.8 Å². The first kappa shape index (κ1) is 16.4. The zero-order chi connectivity index (χ0) is 18.1. The Morgan fingerprint density at radius 2 is 1.88 bits per heavy atom. The third-order valence-corrected chi connectivity index (χ3v) is 4.44. The van der Waals surface area contributed by atoms with Gasteiger partial charge in [-0.3, -0.25) is 4.79 Å². The number of hydrogen-bond acceptors (Lipinski definition) is 2. The van der Waals surface area contributed by atoms with E-state index in [1.807, 2.05) is 60.1 Å². The first-order chi connectivity index (χ1) is 12.6. The standard InChI is InChI=1S/C21H16ClN3O/c1-14-4-3-11-25-13-19(24-20(14)25)15-7-9-18(10-8-15)23-21(26)16-5-2-6-17(22)12-16/h2-13H,1H3,(H,23,26). The molecule has 0 unspecified atom stereocenters. The molecule has 2 heterocycles. The molecule has 0 radical (unpaired) electrons. The van der Waals surface area contributed by atoms with Crippen molar-refractivity contribution in [2.24, 2.45) is 0 Å². The SMILES string of the molecule is Cc1cccn2cc(-c3ccc(NC(=O)c4cccc(Cl)c4)cc3)nc12. The van der Waals surface area contributed by atoms with Crippen LogP contribution in [0.1, 0.15) is 15.9 Å². The predicted molar refractivity (Wildman–Crippen MR) is 105 cm³/mol. The Balaban J connectivity index is 1.56. The fourth-order valence-corrected chi connectivity index (χ4v) is 3.04. The number of pyridine rings is 1. The maximum Gasteiger partial charge on any atom is 0.255 e. The highest BCUT2D eigenvalue weighted by Gasteiger charge is 2.08. The van der Waals surface area contributed by atoms with Gasteiger partial charge in [-0.15, -0.1) is 0 Å². The Kier molecular flexibility index (Phi) is 4.19. The summed E-state index contributed by atoms with van der Waals surface area (Å²) in [6.45, 7) is 2.04. The molecule has 0 aliphatic heterocycles. The molecule has 0 fully saturated rings. The third kappa shape index (κ3) is 3.19. The number of imidazole rings is 1. The van der Waals surface area contributed by atoms with Crippen LogP contribution in [0.15, 0.2) is 73.1 Å². The zero-order valence-electron chi connectivity index (χ0n) is 14.1. The number of rotatable bonds is 3. The summed E-state index contributed by atoms with van der Waals surface area (Å²) in [5.74, 6) is -0.191. The van der Waals surface area contributed by atoms with Crippen LogP contribution >= 0.6 is 11.6 Å². The second-order valence-electron chi connectivity index (χ2n) is 6.09. The van der Waals surface area contributed by atoms with E-state index in [0.717, 1.165) is 28.2 Å². The van der Waals surface area contributed by atoms with E-state index in [0.29, 0.717) is 10.6 Å². The zero-order valence-corrected chi connectivity index (χ0v) is 14.9. The highest BCUT2D eigenvalue weighted by molar-refractivity contribution is 6.31. The van der Waals surface area contributed by atoms with Gasteiger partial charge < -0.3 is 9.72 Å². The van der Waals surface area contributed by atoms with E-state index in [2.05, 4.69) is 5.32 Å². The van der Waals surface area contributed by atoms with Crippen LogP contribution in [0.25, 0.3) is 16.9 Å². The number of anilines is 1. The van der Waals surface area contributed by atoms with E-state index in [-0.39, 0.29) is 5.91 Å². The molecule has 0 saturated carbocycles. The molecule has 128 valence electrons. The molecule has 2 aromatic heterocycles. The quantitative estimate of drug-likeness (QED) is 0.544. The minimum absolute atomic E-state index is 0.191. The first-order valence-corrected chi connectivity index (χ1v) is 8.60. The highest BCUT2D eigenvalue weighted by atomic mass is 35.5. The summed E-state index contributed by atoms with van der Waals surface area (Å²) in [5, 5.41) is 3.41. The van der Waals surface area contributed by atoms with Gasteiger partial charge in [0.25, 0.3) is 5.91 Å². The molecule has 0 aliphatic rings. The summed E-state index contributed by atoms with van der Waals surface area (Å²) in [6, 6.07) is 18.6. The van der Waals surface area contributed by atoms with Gasteiger partial charge in [0.05, 0.1) is 5.69 Å². The normalized spacial score (nSPS) is 10.8. The van der Waals surface area contributed by atoms with Gasteiger partial charge in [0.15, 0.2) is 0 Å². The molecule has 2 aromatic carbocycles. The molecule has 4 aromatic rings. The van der Waals surface area contributed by atoms with Crippen molar-refractivity contribution in [3.63, 3.8) is 0 Å². The third-order valence-electron chi connectivity index (χ3n) is 4.20. The highest BCUT2D eigenvalue weighted by Crippen LogP contribution is 2.23. The van der Waals surface area contributed by atoms with E-state index in [4.69, 9.17) is 16.6 Å². The molecule has 4 nitrogen and oxygen atoms in total. The van der Waals surface area contributed by atoms with Crippen molar-refractivity contribution in [2.45, 2.75) is 6.92 Å². The fraction of sp³-hybridized carbons (Fsp3) is 0.0476. The smallest absolute Gasteiger partial charge is 0.255 e. The van der Waals surface area contributed by atoms with Crippen LogP contribution < -0.4 is 5.32 Å². The number of aryl methyl sites for hydroxylation is 1. The van der Waals surface area contributed by atoms with Gasteiger partial charge in [0.2, 0.25) is 0 Å². The Hall–Kier alpha value is -3.11. The number of nitrogens with one attached hydrogen (secondary N) is 1. The average Bonchev–Trinajstić information content (AvgIpc) is 3.08. The topological polar surface area (TPSA) is 46.4 Å². The van der Waals surface area contributed by atoms with Gasteiger partial charge in [0.1, 0.15) is 5.65 Å². The lowest BCUT2D eigenvalue weighted by Crippen LogP contribution is -2.11. The van der Waals surface area contributed by atoms with Crippen LogP contribution in [0, 0.1) is 6.92 Å². The van der Waals surface area contributed by atoms with Crippen molar-refractivity contribution in [3.8, 4) is 11.3 Å². The number of hydrogen-bond donors (Lipinski definition) is 1. The number of carbonyl (C=O) groups excluding carboxylic acids is 1. The second kappa shape index (κ2) is 6.65. The van der Waals surface area contributed by atoms with Crippen LogP contribution in [0.3, 0.4) is 0 Å². The largest absolute Gasteiger partial charge is 0.322 e. The Morgan fingerprint density at radius 1 is 1.08 bits per heavy atom. The number of aromatic nitrogens is 2. The van der Waals surface area contributed by atoms with Crippen molar-refractivity contribution in [3.05, 3.63) is 89.2 Å². The Morgan fingerprint density at radius 3 is 2.62 bits per heavy atom. The summed E-state index contributed by atoms with van der Waals surface area (Å²) in [6.07, 6.45) is 3.99. The van der Waals surface area contributed by atoms with Crippen LogP contribution in [0.4, 0.5) is 5.69 Å². The van der Waals surface area contributed by atoms with E-state index in [1.54, 1.807) is 24.3 Å². The molecule has 1 N–H and O–H groups in total. The van der Waals surface area contributed by atoms with Gasteiger partial charge >= 0.3 is 0 Å². The molecule has 4 rings (SSSR count). The number of amides is 1. The predicted octanol–water partition coefficient (Wildman–Crippen LogP) is 5.22. The summed E-state index contributed by atoms with van der Waals surface area (Å²) in [4.78, 5) is 17.0. The molecule has 5 heteroatoms.